The topological polar surface area (TPSA) is 103 Å². The quantitative estimate of drug-likeness (QED) is 0.780. The number of fused-ring (bicyclic) bond motifs is 2. The van der Waals surface area contributed by atoms with Crippen LogP contribution < -0.4 is 5.56 Å². The molecule has 3 aliphatic rings. The van der Waals surface area contributed by atoms with E-state index < -0.39 is 0 Å². The Kier molecular flexibility index (Phi) is 4.57. The Morgan fingerprint density at radius 3 is 2.48 bits per heavy atom. The molecular formula is C19H24N4O4. The zero-order valence-corrected chi connectivity index (χ0v) is 15.5. The van der Waals surface area contributed by atoms with Crippen molar-refractivity contribution in [1.82, 2.24) is 19.8 Å². The maximum Gasteiger partial charge on any atom is 0.254 e. The fraction of sp³-hybridized carbons (Fsp3) is 0.632. The number of aryl methyl sites for hydroxylation is 1. The van der Waals surface area contributed by atoms with Crippen molar-refractivity contribution < 1.29 is 14.4 Å². The molecule has 1 aliphatic carbocycles. The van der Waals surface area contributed by atoms with Gasteiger partial charge in [0, 0.05) is 25.1 Å². The molecule has 0 spiro atoms. The number of aromatic amines is 1. The number of nitrogens with one attached hydrogen (secondary N) is 1. The molecule has 1 saturated carbocycles. The van der Waals surface area contributed by atoms with Gasteiger partial charge in [-0.1, -0.05) is 12.8 Å². The summed E-state index contributed by atoms with van der Waals surface area (Å²) in [5, 5.41) is 0. The van der Waals surface area contributed by atoms with E-state index in [-0.39, 0.29) is 48.1 Å². The molecule has 8 nitrogen and oxygen atoms in total. The number of hydrogen-bond donors (Lipinski definition) is 1. The van der Waals surface area contributed by atoms with Gasteiger partial charge >= 0.3 is 0 Å². The lowest BCUT2D eigenvalue weighted by atomic mass is 9.81. The number of likely N-dealkylation sites (tertiary alicyclic amines) is 1. The van der Waals surface area contributed by atoms with Crippen LogP contribution in [0, 0.1) is 18.8 Å². The van der Waals surface area contributed by atoms with E-state index >= 15 is 0 Å². The van der Waals surface area contributed by atoms with Gasteiger partial charge in [-0.05, 0) is 26.2 Å². The number of carbonyl (C=O) groups excluding carboxylic acids is 3. The fourth-order valence-electron chi connectivity index (χ4n) is 4.59. The van der Waals surface area contributed by atoms with Crippen LogP contribution in [-0.2, 0) is 27.3 Å². The summed E-state index contributed by atoms with van der Waals surface area (Å²) in [5.41, 5.74) is 1.13. The van der Waals surface area contributed by atoms with Crippen molar-refractivity contribution in [3.63, 3.8) is 0 Å². The molecule has 8 heteroatoms. The van der Waals surface area contributed by atoms with Gasteiger partial charge in [-0.15, -0.1) is 0 Å². The van der Waals surface area contributed by atoms with Gasteiger partial charge in [-0.2, -0.15) is 0 Å². The van der Waals surface area contributed by atoms with Crippen molar-refractivity contribution in [2.24, 2.45) is 11.8 Å². The first kappa shape index (κ1) is 17.9. The molecule has 2 atom stereocenters. The predicted molar refractivity (Wildman–Crippen MR) is 95.5 cm³/mol. The first-order valence-electron chi connectivity index (χ1n) is 9.67. The summed E-state index contributed by atoms with van der Waals surface area (Å²) >= 11 is 0. The van der Waals surface area contributed by atoms with Crippen LogP contribution in [0.3, 0.4) is 0 Å². The summed E-state index contributed by atoms with van der Waals surface area (Å²) in [6.07, 6.45) is 4.13. The van der Waals surface area contributed by atoms with E-state index in [0.29, 0.717) is 36.6 Å². The predicted octanol–water partition coefficient (Wildman–Crippen LogP) is 0.528. The highest BCUT2D eigenvalue weighted by molar-refractivity contribution is 6.05. The minimum atomic E-state index is -0.179. The molecule has 1 N–H and O–H groups in total. The highest BCUT2D eigenvalue weighted by atomic mass is 16.2. The number of aromatic nitrogens is 2. The maximum atomic E-state index is 12.6. The zero-order chi connectivity index (χ0) is 19.1. The van der Waals surface area contributed by atoms with E-state index in [9.17, 15) is 19.2 Å². The molecule has 1 aromatic rings. The second kappa shape index (κ2) is 6.90. The Morgan fingerprint density at radius 1 is 1.15 bits per heavy atom. The number of rotatable bonds is 3. The number of H-pyrrole nitrogens is 1. The van der Waals surface area contributed by atoms with Gasteiger partial charge in [-0.25, -0.2) is 4.98 Å². The number of hydrogen-bond acceptors (Lipinski definition) is 5. The van der Waals surface area contributed by atoms with Gasteiger partial charge in [0.2, 0.25) is 17.7 Å². The standard InChI is InChI=1S/C19H24N4O4/c1-11-20-15-10-22(8-6-14(15)17(25)21-11)16(24)7-9-23-18(26)12-4-2-3-5-13(12)19(23)27/h12-13H,2-10H2,1H3,(H,20,21,25)/t12-,13-/m1/s1. The van der Waals surface area contributed by atoms with Gasteiger partial charge in [0.15, 0.2) is 0 Å². The summed E-state index contributed by atoms with van der Waals surface area (Å²) in [6, 6.07) is 0. The van der Waals surface area contributed by atoms with Crippen molar-refractivity contribution in [1.29, 1.82) is 0 Å². The summed E-state index contributed by atoms with van der Waals surface area (Å²) < 4.78 is 0. The van der Waals surface area contributed by atoms with Crippen molar-refractivity contribution in [3.8, 4) is 0 Å². The smallest absolute Gasteiger partial charge is 0.254 e. The lowest BCUT2D eigenvalue weighted by Gasteiger charge is -2.28. The van der Waals surface area contributed by atoms with Crippen molar-refractivity contribution in [2.45, 2.75) is 52.0 Å². The summed E-state index contributed by atoms with van der Waals surface area (Å²) in [6.45, 7) is 2.61. The van der Waals surface area contributed by atoms with Crippen LogP contribution in [0.2, 0.25) is 0 Å². The van der Waals surface area contributed by atoms with Gasteiger partial charge in [0.05, 0.1) is 24.1 Å². The van der Waals surface area contributed by atoms with Crippen molar-refractivity contribution in [2.75, 3.05) is 13.1 Å². The third-order valence-electron chi connectivity index (χ3n) is 6.03. The van der Waals surface area contributed by atoms with Gasteiger partial charge < -0.3 is 9.88 Å². The SMILES string of the molecule is Cc1nc2c(c(=O)[nH]1)CCN(C(=O)CCN1C(=O)[C@@H]3CCCC[C@H]3C1=O)C2. The van der Waals surface area contributed by atoms with Crippen molar-refractivity contribution in [3.05, 3.63) is 27.4 Å². The van der Waals surface area contributed by atoms with Crippen LogP contribution in [-0.4, -0.2) is 50.6 Å². The van der Waals surface area contributed by atoms with Crippen molar-refractivity contribution >= 4 is 17.7 Å². The molecule has 2 fully saturated rings. The lowest BCUT2D eigenvalue weighted by Crippen LogP contribution is -2.41. The average Bonchev–Trinajstić information content (AvgIpc) is 2.90. The number of imide groups is 1. The molecule has 2 aliphatic heterocycles. The van der Waals surface area contributed by atoms with Crippen LogP contribution in [0.4, 0.5) is 0 Å². The van der Waals surface area contributed by atoms with E-state index in [1.807, 2.05) is 0 Å². The van der Waals surface area contributed by atoms with Crippen LogP contribution in [0.15, 0.2) is 4.79 Å². The largest absolute Gasteiger partial charge is 0.336 e. The van der Waals surface area contributed by atoms with Crippen LogP contribution >= 0.6 is 0 Å². The molecule has 3 amide bonds. The first-order valence-corrected chi connectivity index (χ1v) is 9.67. The molecule has 1 saturated heterocycles. The monoisotopic (exact) mass is 372 g/mol. The Labute approximate surface area is 156 Å². The van der Waals surface area contributed by atoms with Crippen LogP contribution in [0.25, 0.3) is 0 Å². The Morgan fingerprint density at radius 2 is 1.81 bits per heavy atom. The van der Waals surface area contributed by atoms with E-state index in [0.717, 1.165) is 25.7 Å². The van der Waals surface area contributed by atoms with Crippen LogP contribution in [0.1, 0.15) is 49.2 Å². The zero-order valence-electron chi connectivity index (χ0n) is 15.5. The first-order chi connectivity index (χ1) is 13.0. The third-order valence-corrected chi connectivity index (χ3v) is 6.03. The molecule has 27 heavy (non-hydrogen) atoms. The minimum Gasteiger partial charge on any atom is -0.336 e. The maximum absolute atomic E-state index is 12.6. The van der Waals surface area contributed by atoms with E-state index in [4.69, 9.17) is 0 Å². The molecule has 3 heterocycles. The summed E-state index contributed by atoms with van der Waals surface area (Å²) in [5.74, 6) is -0.153. The summed E-state index contributed by atoms with van der Waals surface area (Å²) in [7, 11) is 0. The molecule has 144 valence electrons. The molecule has 0 aromatic carbocycles. The Bertz CT molecular complexity index is 838. The molecule has 4 rings (SSSR count). The molecule has 0 unspecified atom stereocenters. The molecule has 1 aromatic heterocycles. The van der Waals surface area contributed by atoms with E-state index in [1.165, 1.54) is 4.90 Å². The van der Waals surface area contributed by atoms with Gasteiger partial charge in [0.25, 0.3) is 5.56 Å². The Balaban J connectivity index is 1.39. The molecule has 0 radical (unpaired) electrons. The minimum absolute atomic E-state index is 0.106. The second-order valence-corrected chi connectivity index (χ2v) is 7.72. The van der Waals surface area contributed by atoms with Gasteiger partial charge in [0.1, 0.15) is 5.82 Å². The third kappa shape index (κ3) is 3.17. The number of nitrogens with zero attached hydrogens (tertiary/aromatic N) is 3. The van der Waals surface area contributed by atoms with Crippen LogP contribution in [0.5, 0.6) is 0 Å². The van der Waals surface area contributed by atoms with E-state index in [1.54, 1.807) is 11.8 Å². The Hall–Kier alpha value is -2.51. The lowest BCUT2D eigenvalue weighted by molar-refractivity contribution is -0.141. The molecule has 0 bridgehead atoms. The highest BCUT2D eigenvalue weighted by Gasteiger charge is 2.47. The number of amides is 3. The second-order valence-electron chi connectivity index (χ2n) is 7.72. The number of carbonyl (C=O) groups is 3. The van der Waals surface area contributed by atoms with E-state index in [2.05, 4.69) is 9.97 Å². The molecular weight excluding hydrogens is 348 g/mol. The summed E-state index contributed by atoms with van der Waals surface area (Å²) in [4.78, 5) is 59.6. The highest BCUT2D eigenvalue weighted by Crippen LogP contribution is 2.38. The van der Waals surface area contributed by atoms with Gasteiger partial charge in [-0.3, -0.25) is 24.1 Å². The average molecular weight is 372 g/mol. The fourth-order valence-corrected chi connectivity index (χ4v) is 4.59. The normalized spacial score (nSPS) is 24.8.